The van der Waals surface area contributed by atoms with Crippen LogP contribution in [0.3, 0.4) is 0 Å². The number of aromatic nitrogens is 2. The van der Waals surface area contributed by atoms with Crippen molar-refractivity contribution < 1.29 is 9.59 Å². The number of aromatic amines is 1. The number of nitrogens with two attached hydrogens (primary N) is 1. The molecule has 2 aromatic heterocycles. The molecule has 0 saturated heterocycles. The van der Waals surface area contributed by atoms with Crippen LogP contribution in [0.4, 0.5) is 5.00 Å². The number of hydrogen-bond acceptors (Lipinski definition) is 6. The van der Waals surface area contributed by atoms with E-state index in [2.05, 4.69) is 15.3 Å². The van der Waals surface area contributed by atoms with Crippen LogP contribution >= 0.6 is 23.1 Å². The van der Waals surface area contributed by atoms with Crippen molar-refractivity contribution in [2.45, 2.75) is 37.1 Å². The number of primary amides is 1. The molecule has 128 valence electrons. The summed E-state index contributed by atoms with van der Waals surface area (Å²) in [6.45, 7) is 3.70. The van der Waals surface area contributed by atoms with E-state index >= 15 is 0 Å². The minimum atomic E-state index is -0.592. The fourth-order valence-corrected chi connectivity index (χ4v) is 3.58. The summed E-state index contributed by atoms with van der Waals surface area (Å²) in [5, 5.41) is 4.67. The third-order valence-electron chi connectivity index (χ3n) is 3.10. The Bertz CT molecular complexity index is 800. The Kier molecular flexibility index (Phi) is 6.16. The minimum Gasteiger partial charge on any atom is -0.366 e. The summed E-state index contributed by atoms with van der Waals surface area (Å²) >= 11 is 2.38. The number of hydrogen-bond donors (Lipinski definition) is 3. The van der Waals surface area contributed by atoms with Gasteiger partial charge in [-0.05, 0) is 24.8 Å². The summed E-state index contributed by atoms with van der Waals surface area (Å²) in [5.74, 6) is -0.890. The number of nitrogens with zero attached hydrogens (tertiary/aromatic N) is 1. The molecule has 0 aliphatic rings. The Hall–Kier alpha value is -2.13. The van der Waals surface area contributed by atoms with Gasteiger partial charge in [-0.1, -0.05) is 25.1 Å². The zero-order chi connectivity index (χ0) is 17.7. The summed E-state index contributed by atoms with van der Waals surface area (Å²) in [6, 6.07) is 3.02. The maximum Gasteiger partial charge on any atom is 0.251 e. The van der Waals surface area contributed by atoms with Gasteiger partial charge in [-0.15, -0.1) is 11.3 Å². The minimum absolute atomic E-state index is 0.238. The van der Waals surface area contributed by atoms with E-state index in [-0.39, 0.29) is 17.0 Å². The molecule has 1 atom stereocenters. The molecule has 7 nitrogen and oxygen atoms in total. The normalized spacial score (nSPS) is 11.9. The third-order valence-corrected chi connectivity index (χ3v) is 4.92. The van der Waals surface area contributed by atoms with Crippen LogP contribution in [0.1, 0.15) is 36.3 Å². The maximum absolute atomic E-state index is 12.3. The Balaban J connectivity index is 2.07. The predicted octanol–water partition coefficient (Wildman–Crippen LogP) is 2.00. The van der Waals surface area contributed by atoms with Crippen molar-refractivity contribution in [2.24, 2.45) is 5.73 Å². The first-order valence-corrected chi connectivity index (χ1v) is 9.11. The van der Waals surface area contributed by atoms with E-state index < -0.39 is 11.2 Å². The quantitative estimate of drug-likeness (QED) is 0.512. The molecule has 4 N–H and O–H groups in total. The molecule has 2 rings (SSSR count). The molecule has 1 unspecified atom stereocenters. The first-order chi connectivity index (χ1) is 11.4. The summed E-state index contributed by atoms with van der Waals surface area (Å²) in [7, 11) is 0. The van der Waals surface area contributed by atoms with Crippen molar-refractivity contribution >= 4 is 39.9 Å². The van der Waals surface area contributed by atoms with Gasteiger partial charge >= 0.3 is 0 Å². The monoisotopic (exact) mass is 366 g/mol. The Labute approximate surface area is 147 Å². The van der Waals surface area contributed by atoms with E-state index in [0.717, 1.165) is 18.2 Å². The number of aryl methyl sites for hydroxylation is 1. The first-order valence-electron chi connectivity index (χ1n) is 7.35. The Morgan fingerprint density at radius 2 is 2.25 bits per heavy atom. The number of anilines is 1. The number of amides is 2. The highest BCUT2D eigenvalue weighted by molar-refractivity contribution is 8.00. The van der Waals surface area contributed by atoms with Crippen LogP contribution < -0.4 is 16.6 Å². The molecule has 0 bridgehead atoms. The van der Waals surface area contributed by atoms with Gasteiger partial charge in [0.25, 0.3) is 11.5 Å². The van der Waals surface area contributed by atoms with Gasteiger partial charge in [0.1, 0.15) is 5.00 Å². The SMILES string of the molecule is CCCc1cc(=O)[nH]c(SC(C)C(=O)Nc2sccc2C(N)=O)n1. The molecule has 2 amide bonds. The fourth-order valence-electron chi connectivity index (χ4n) is 1.96. The number of H-pyrrole nitrogens is 1. The van der Waals surface area contributed by atoms with Crippen molar-refractivity contribution in [1.82, 2.24) is 9.97 Å². The Morgan fingerprint density at radius 1 is 1.50 bits per heavy atom. The van der Waals surface area contributed by atoms with Gasteiger partial charge < -0.3 is 16.0 Å². The van der Waals surface area contributed by atoms with Crippen molar-refractivity contribution in [3.05, 3.63) is 39.1 Å². The number of thiophene rings is 1. The molecule has 0 saturated carbocycles. The zero-order valence-corrected chi connectivity index (χ0v) is 14.9. The molecule has 2 heterocycles. The average Bonchev–Trinajstić information content (AvgIpc) is 2.95. The van der Waals surface area contributed by atoms with Crippen LogP contribution in [0, 0.1) is 0 Å². The zero-order valence-electron chi connectivity index (χ0n) is 13.3. The van der Waals surface area contributed by atoms with Gasteiger partial charge in [-0.3, -0.25) is 14.4 Å². The molecule has 0 aromatic carbocycles. The second kappa shape index (κ2) is 8.11. The van der Waals surface area contributed by atoms with E-state index in [1.165, 1.54) is 17.4 Å². The van der Waals surface area contributed by atoms with E-state index in [0.29, 0.717) is 22.3 Å². The van der Waals surface area contributed by atoms with Gasteiger partial charge in [0.05, 0.1) is 10.8 Å². The van der Waals surface area contributed by atoms with E-state index in [4.69, 9.17) is 5.73 Å². The smallest absolute Gasteiger partial charge is 0.251 e. The average molecular weight is 366 g/mol. The van der Waals surface area contributed by atoms with Crippen LogP contribution in [0.5, 0.6) is 0 Å². The molecule has 0 radical (unpaired) electrons. The van der Waals surface area contributed by atoms with Crippen molar-refractivity contribution in [3.8, 4) is 0 Å². The second-order valence-electron chi connectivity index (χ2n) is 5.07. The van der Waals surface area contributed by atoms with Crippen LogP contribution in [-0.2, 0) is 11.2 Å². The third kappa shape index (κ3) is 4.68. The molecule has 0 aliphatic carbocycles. The van der Waals surface area contributed by atoms with Gasteiger partial charge in [0.15, 0.2) is 5.16 Å². The summed E-state index contributed by atoms with van der Waals surface area (Å²) < 4.78 is 0. The molecule has 0 fully saturated rings. The van der Waals surface area contributed by atoms with Crippen molar-refractivity contribution in [2.75, 3.05) is 5.32 Å². The van der Waals surface area contributed by atoms with Crippen LogP contribution in [-0.4, -0.2) is 27.0 Å². The second-order valence-corrected chi connectivity index (χ2v) is 7.31. The first kappa shape index (κ1) is 18.2. The Morgan fingerprint density at radius 3 is 2.92 bits per heavy atom. The molecule has 24 heavy (non-hydrogen) atoms. The van der Waals surface area contributed by atoms with Crippen molar-refractivity contribution in [1.29, 1.82) is 0 Å². The molecule has 2 aromatic rings. The van der Waals surface area contributed by atoms with Crippen LogP contribution in [0.2, 0.25) is 0 Å². The molecule has 0 spiro atoms. The van der Waals surface area contributed by atoms with E-state index in [9.17, 15) is 14.4 Å². The lowest BCUT2D eigenvalue weighted by Gasteiger charge is -2.11. The highest BCUT2D eigenvalue weighted by Crippen LogP contribution is 2.25. The van der Waals surface area contributed by atoms with Crippen LogP contribution in [0.15, 0.2) is 27.5 Å². The standard InChI is InChI=1S/C15H18N4O3S2/c1-3-4-9-7-11(20)18-15(17-9)24-8(2)13(22)19-14-10(12(16)21)5-6-23-14/h5-8H,3-4H2,1-2H3,(H2,16,21)(H,19,22)(H,17,18,20). The summed E-state index contributed by atoms with van der Waals surface area (Å²) in [4.78, 5) is 42.2. The topological polar surface area (TPSA) is 118 Å². The lowest BCUT2D eigenvalue weighted by molar-refractivity contribution is -0.115. The van der Waals surface area contributed by atoms with E-state index in [1.54, 1.807) is 18.4 Å². The van der Waals surface area contributed by atoms with Gasteiger partial charge in [0.2, 0.25) is 5.91 Å². The van der Waals surface area contributed by atoms with Gasteiger partial charge in [-0.25, -0.2) is 4.98 Å². The number of thioether (sulfide) groups is 1. The number of rotatable bonds is 7. The van der Waals surface area contributed by atoms with Crippen molar-refractivity contribution in [3.63, 3.8) is 0 Å². The lowest BCUT2D eigenvalue weighted by Crippen LogP contribution is -2.24. The highest BCUT2D eigenvalue weighted by Gasteiger charge is 2.19. The molecular weight excluding hydrogens is 348 g/mol. The highest BCUT2D eigenvalue weighted by atomic mass is 32.2. The van der Waals surface area contributed by atoms with Gasteiger partial charge in [0, 0.05) is 11.8 Å². The predicted molar refractivity (Wildman–Crippen MR) is 95.6 cm³/mol. The number of nitrogens with one attached hydrogen (secondary N) is 2. The fraction of sp³-hybridized carbons (Fsp3) is 0.333. The molecule has 9 heteroatoms. The molecule has 0 aliphatic heterocycles. The van der Waals surface area contributed by atoms with Gasteiger partial charge in [-0.2, -0.15) is 0 Å². The maximum atomic E-state index is 12.3. The summed E-state index contributed by atoms with van der Waals surface area (Å²) in [6.07, 6.45) is 1.58. The summed E-state index contributed by atoms with van der Waals surface area (Å²) in [5.41, 5.74) is 6.00. The van der Waals surface area contributed by atoms with Crippen LogP contribution in [0.25, 0.3) is 0 Å². The number of carbonyl (C=O) groups excluding carboxylic acids is 2. The lowest BCUT2D eigenvalue weighted by atomic mass is 10.2. The number of carbonyl (C=O) groups is 2. The van der Waals surface area contributed by atoms with E-state index in [1.807, 2.05) is 6.92 Å². The largest absolute Gasteiger partial charge is 0.366 e. The molecular formula is C15H18N4O3S2.